The zero-order chi connectivity index (χ0) is 13.7. The Kier molecular flexibility index (Phi) is 4.70. The molecule has 0 radical (unpaired) electrons. The lowest BCUT2D eigenvalue weighted by atomic mass is 9.89. The third kappa shape index (κ3) is 4.75. The number of hydrogen-bond donors (Lipinski definition) is 0. The van der Waals surface area contributed by atoms with Gasteiger partial charge in [-0.3, -0.25) is 0 Å². The fraction of sp³-hybridized carbons (Fsp3) is 0.500. The van der Waals surface area contributed by atoms with Gasteiger partial charge in [-0.1, -0.05) is 55.9 Å². The van der Waals surface area contributed by atoms with Gasteiger partial charge >= 0.3 is 0 Å². The van der Waals surface area contributed by atoms with Crippen molar-refractivity contribution in [3.8, 4) is 11.3 Å². The molecule has 0 amide bonds. The second kappa shape index (κ2) is 6.29. The number of unbranched alkanes of at least 4 members (excludes halogenated alkanes) is 1. The van der Waals surface area contributed by atoms with Crippen LogP contribution in [0.1, 0.15) is 45.6 Å². The van der Waals surface area contributed by atoms with Gasteiger partial charge in [0.05, 0.1) is 0 Å². The monoisotopic (exact) mass is 274 g/mol. The number of hydrogen-bond acceptors (Lipinski definition) is 3. The lowest BCUT2D eigenvalue weighted by Crippen LogP contribution is -2.04. The number of rotatable bonds is 5. The molecule has 1 heterocycles. The predicted molar refractivity (Wildman–Crippen MR) is 82.4 cm³/mol. The quantitative estimate of drug-likeness (QED) is 0.720. The number of benzene rings is 1. The van der Waals surface area contributed by atoms with Crippen LogP contribution in [-0.4, -0.2) is 9.59 Å². The smallest absolute Gasteiger partial charge is 0.105 e. The SMILES string of the molecule is CC(C)(C)CCCCc1ccc(-c2csnn2)cc1. The van der Waals surface area contributed by atoms with Crippen molar-refractivity contribution < 1.29 is 0 Å². The Morgan fingerprint density at radius 3 is 2.37 bits per heavy atom. The molecular weight excluding hydrogens is 252 g/mol. The molecule has 1 aromatic carbocycles. The van der Waals surface area contributed by atoms with Crippen LogP contribution in [0.15, 0.2) is 29.6 Å². The van der Waals surface area contributed by atoms with Gasteiger partial charge in [-0.05, 0) is 41.8 Å². The van der Waals surface area contributed by atoms with Crippen LogP contribution >= 0.6 is 11.5 Å². The molecule has 2 rings (SSSR count). The van der Waals surface area contributed by atoms with Crippen molar-refractivity contribution in [2.45, 2.75) is 46.5 Å². The van der Waals surface area contributed by atoms with E-state index in [2.05, 4.69) is 54.6 Å². The molecule has 0 aliphatic heterocycles. The molecule has 0 aliphatic rings. The zero-order valence-corrected chi connectivity index (χ0v) is 12.8. The first-order valence-corrected chi connectivity index (χ1v) is 7.75. The summed E-state index contributed by atoms with van der Waals surface area (Å²) in [6.45, 7) is 6.93. The summed E-state index contributed by atoms with van der Waals surface area (Å²) in [6, 6.07) is 8.73. The second-order valence-corrected chi connectivity index (χ2v) is 6.86. The first-order chi connectivity index (χ1) is 9.04. The number of nitrogens with zero attached hydrogens (tertiary/aromatic N) is 2. The standard InChI is InChI=1S/C16H22N2S/c1-16(2,3)11-5-4-6-13-7-9-14(10-8-13)15-12-19-18-17-15/h7-10,12H,4-6,11H2,1-3H3. The molecule has 2 nitrogen and oxygen atoms in total. The Balaban J connectivity index is 1.83. The maximum Gasteiger partial charge on any atom is 0.105 e. The Labute approximate surface area is 120 Å². The molecule has 2 aromatic rings. The average molecular weight is 274 g/mol. The fourth-order valence-electron chi connectivity index (χ4n) is 2.12. The third-order valence-corrected chi connectivity index (χ3v) is 3.76. The van der Waals surface area contributed by atoms with E-state index in [1.165, 1.54) is 42.8 Å². The molecule has 0 saturated carbocycles. The Hall–Kier alpha value is -1.22. The molecule has 0 saturated heterocycles. The molecular formula is C16H22N2S. The van der Waals surface area contributed by atoms with Crippen LogP contribution in [0.3, 0.4) is 0 Å². The molecule has 102 valence electrons. The zero-order valence-electron chi connectivity index (χ0n) is 12.0. The van der Waals surface area contributed by atoms with E-state index in [0.717, 1.165) is 11.3 Å². The van der Waals surface area contributed by atoms with Gasteiger partial charge in [-0.2, -0.15) is 0 Å². The van der Waals surface area contributed by atoms with Crippen molar-refractivity contribution in [3.05, 3.63) is 35.2 Å². The summed E-state index contributed by atoms with van der Waals surface area (Å²) in [5.74, 6) is 0. The first kappa shape index (κ1) is 14.2. The highest BCUT2D eigenvalue weighted by atomic mass is 32.1. The van der Waals surface area contributed by atoms with Crippen LogP contribution in [0.2, 0.25) is 0 Å². The summed E-state index contributed by atoms with van der Waals surface area (Å²) in [4.78, 5) is 0. The van der Waals surface area contributed by atoms with Crippen molar-refractivity contribution in [2.75, 3.05) is 0 Å². The van der Waals surface area contributed by atoms with E-state index >= 15 is 0 Å². The Bertz CT molecular complexity index is 480. The maximum absolute atomic E-state index is 4.09. The maximum atomic E-state index is 4.09. The summed E-state index contributed by atoms with van der Waals surface area (Å²) in [5, 5.41) is 6.07. The van der Waals surface area contributed by atoms with E-state index < -0.39 is 0 Å². The van der Waals surface area contributed by atoms with Gasteiger partial charge in [0.15, 0.2) is 0 Å². The van der Waals surface area contributed by atoms with E-state index in [1.807, 2.05) is 5.38 Å². The Morgan fingerprint density at radius 2 is 1.79 bits per heavy atom. The van der Waals surface area contributed by atoms with E-state index in [9.17, 15) is 0 Å². The lowest BCUT2D eigenvalue weighted by molar-refractivity contribution is 0.360. The average Bonchev–Trinajstić information content (AvgIpc) is 2.88. The normalized spacial score (nSPS) is 11.7. The lowest BCUT2D eigenvalue weighted by Gasteiger charge is -2.17. The molecule has 0 spiro atoms. The van der Waals surface area contributed by atoms with Gasteiger partial charge in [0.25, 0.3) is 0 Å². The molecule has 0 fully saturated rings. The minimum atomic E-state index is 0.460. The highest BCUT2D eigenvalue weighted by Crippen LogP contribution is 2.23. The van der Waals surface area contributed by atoms with E-state index in [1.54, 1.807) is 0 Å². The van der Waals surface area contributed by atoms with Crippen LogP contribution in [0.4, 0.5) is 0 Å². The van der Waals surface area contributed by atoms with Crippen LogP contribution in [-0.2, 0) is 6.42 Å². The van der Waals surface area contributed by atoms with Crippen molar-refractivity contribution >= 4 is 11.5 Å². The summed E-state index contributed by atoms with van der Waals surface area (Å²) < 4.78 is 3.90. The number of aryl methyl sites for hydroxylation is 1. The molecule has 3 heteroatoms. The topological polar surface area (TPSA) is 25.8 Å². The first-order valence-electron chi connectivity index (χ1n) is 6.91. The van der Waals surface area contributed by atoms with E-state index in [-0.39, 0.29) is 0 Å². The largest absolute Gasteiger partial charge is 0.138 e. The highest BCUT2D eigenvalue weighted by Gasteiger charge is 2.09. The van der Waals surface area contributed by atoms with Crippen LogP contribution < -0.4 is 0 Å². The predicted octanol–water partition coefficient (Wildman–Crippen LogP) is 4.96. The summed E-state index contributed by atoms with van der Waals surface area (Å²) in [6.07, 6.45) is 5.05. The van der Waals surface area contributed by atoms with Crippen molar-refractivity contribution in [3.63, 3.8) is 0 Å². The second-order valence-electron chi connectivity index (χ2n) is 6.25. The minimum absolute atomic E-state index is 0.460. The molecule has 0 aliphatic carbocycles. The van der Waals surface area contributed by atoms with E-state index in [0.29, 0.717) is 5.41 Å². The van der Waals surface area contributed by atoms with Crippen molar-refractivity contribution in [1.29, 1.82) is 0 Å². The van der Waals surface area contributed by atoms with Gasteiger partial charge in [0, 0.05) is 10.9 Å². The van der Waals surface area contributed by atoms with Crippen molar-refractivity contribution in [2.24, 2.45) is 5.41 Å². The van der Waals surface area contributed by atoms with Gasteiger partial charge in [0.1, 0.15) is 5.69 Å². The molecule has 1 aromatic heterocycles. The Morgan fingerprint density at radius 1 is 1.05 bits per heavy atom. The summed E-state index contributed by atoms with van der Waals surface area (Å²) in [7, 11) is 0. The van der Waals surface area contributed by atoms with Gasteiger partial charge < -0.3 is 0 Å². The van der Waals surface area contributed by atoms with Crippen LogP contribution in [0, 0.1) is 5.41 Å². The highest BCUT2D eigenvalue weighted by molar-refractivity contribution is 7.03. The summed E-state index contributed by atoms with van der Waals surface area (Å²) >= 11 is 1.40. The number of aromatic nitrogens is 2. The van der Waals surface area contributed by atoms with Gasteiger partial charge in [0.2, 0.25) is 0 Å². The minimum Gasteiger partial charge on any atom is -0.138 e. The van der Waals surface area contributed by atoms with E-state index in [4.69, 9.17) is 0 Å². The van der Waals surface area contributed by atoms with Gasteiger partial charge in [-0.25, -0.2) is 0 Å². The van der Waals surface area contributed by atoms with Crippen molar-refractivity contribution in [1.82, 2.24) is 9.59 Å². The van der Waals surface area contributed by atoms with Gasteiger partial charge in [-0.15, -0.1) is 5.10 Å². The summed E-state index contributed by atoms with van der Waals surface area (Å²) in [5.41, 5.74) is 4.01. The molecule has 0 unspecified atom stereocenters. The third-order valence-electron chi connectivity index (χ3n) is 3.25. The fourth-order valence-corrected chi connectivity index (χ4v) is 2.58. The molecule has 0 atom stereocenters. The molecule has 19 heavy (non-hydrogen) atoms. The molecule has 0 bridgehead atoms. The van der Waals surface area contributed by atoms with Crippen LogP contribution in [0.5, 0.6) is 0 Å². The molecule has 0 N–H and O–H groups in total. The van der Waals surface area contributed by atoms with Crippen LogP contribution in [0.25, 0.3) is 11.3 Å².